The van der Waals surface area contributed by atoms with E-state index >= 15 is 0 Å². The summed E-state index contributed by atoms with van der Waals surface area (Å²) in [6, 6.07) is 2.10. The number of carbonyl (C=O) groups is 1. The van der Waals surface area contributed by atoms with E-state index in [1.165, 1.54) is 4.88 Å². The molecule has 4 heterocycles. The summed E-state index contributed by atoms with van der Waals surface area (Å²) in [6.45, 7) is 6.23. The van der Waals surface area contributed by atoms with Crippen LogP contribution in [0.25, 0.3) is 10.2 Å². The van der Waals surface area contributed by atoms with Crippen LogP contribution in [0, 0.1) is 0 Å². The van der Waals surface area contributed by atoms with Crippen LogP contribution in [0.5, 0.6) is 0 Å². The second kappa shape index (κ2) is 5.89. The molecule has 0 spiro atoms. The fourth-order valence-corrected chi connectivity index (χ4v) is 4.38. The molecule has 2 fully saturated rings. The van der Waals surface area contributed by atoms with Crippen LogP contribution in [-0.4, -0.2) is 60.2 Å². The van der Waals surface area contributed by atoms with Gasteiger partial charge in [-0.3, -0.25) is 4.79 Å². The van der Waals surface area contributed by atoms with Gasteiger partial charge in [-0.2, -0.15) is 4.98 Å². The Bertz CT molecular complexity index is 753. The molecule has 6 nitrogen and oxygen atoms in total. The summed E-state index contributed by atoms with van der Waals surface area (Å²) in [5, 5.41) is 0.280. The first-order valence-corrected chi connectivity index (χ1v) is 8.86. The van der Waals surface area contributed by atoms with Gasteiger partial charge in [-0.1, -0.05) is 0 Å². The number of thiophene rings is 1. The van der Waals surface area contributed by atoms with Crippen molar-refractivity contribution in [3.8, 4) is 0 Å². The molecule has 0 N–H and O–H groups in total. The summed E-state index contributed by atoms with van der Waals surface area (Å²) in [5.41, 5.74) is 0.896. The number of hydrogen-bond acceptors (Lipinski definition) is 6. The molecule has 0 aliphatic carbocycles. The number of likely N-dealkylation sites (tertiary alicyclic amines) is 1. The molecular formula is C15H17ClN4O2S. The molecule has 8 heteroatoms. The third-order valence-corrected chi connectivity index (χ3v) is 5.84. The Kier molecular flexibility index (Phi) is 3.87. The third-order valence-electron chi connectivity index (χ3n) is 4.39. The predicted octanol–water partition coefficient (Wildman–Crippen LogP) is 2.13. The van der Waals surface area contributed by atoms with Crippen LogP contribution < -0.4 is 4.90 Å². The lowest BCUT2D eigenvalue weighted by Crippen LogP contribution is -2.47. The van der Waals surface area contributed by atoms with Crippen molar-refractivity contribution in [2.24, 2.45) is 0 Å². The normalized spacial score (nSPS) is 19.2. The number of carbonyl (C=O) groups excluding carboxylic acids is 1. The average Bonchev–Trinajstić information content (AvgIpc) is 2.88. The molecule has 0 radical (unpaired) electrons. The Morgan fingerprint density at radius 3 is 2.78 bits per heavy atom. The minimum Gasteiger partial charge on any atom is -0.378 e. The lowest BCUT2D eigenvalue weighted by atomic mass is 9.98. The summed E-state index contributed by atoms with van der Waals surface area (Å²) in [4.78, 5) is 25.5. The van der Waals surface area contributed by atoms with Crippen LogP contribution in [0.3, 0.4) is 0 Å². The van der Waals surface area contributed by atoms with Crippen molar-refractivity contribution in [3.63, 3.8) is 0 Å². The van der Waals surface area contributed by atoms with Gasteiger partial charge >= 0.3 is 0 Å². The van der Waals surface area contributed by atoms with Gasteiger partial charge < -0.3 is 14.5 Å². The summed E-state index contributed by atoms with van der Waals surface area (Å²) >= 11 is 7.84. The third kappa shape index (κ3) is 2.77. The molecule has 0 atom stereocenters. The SMILES string of the molecule is CC(=O)N1CC(c2cc3nc(Cl)nc(N4CCOCC4)c3s2)C1. The van der Waals surface area contributed by atoms with Crippen molar-refractivity contribution in [1.82, 2.24) is 14.9 Å². The lowest BCUT2D eigenvalue weighted by molar-refractivity contribution is -0.133. The van der Waals surface area contributed by atoms with Gasteiger partial charge in [0, 0.05) is 43.9 Å². The number of halogens is 1. The number of aromatic nitrogens is 2. The van der Waals surface area contributed by atoms with Crippen LogP contribution in [0.15, 0.2) is 6.07 Å². The number of ether oxygens (including phenoxy) is 1. The van der Waals surface area contributed by atoms with Gasteiger partial charge in [-0.05, 0) is 17.7 Å². The smallest absolute Gasteiger partial charge is 0.224 e. The Labute approximate surface area is 143 Å². The largest absolute Gasteiger partial charge is 0.378 e. The molecule has 0 aromatic carbocycles. The zero-order chi connectivity index (χ0) is 16.0. The van der Waals surface area contributed by atoms with E-state index in [1.54, 1.807) is 18.3 Å². The zero-order valence-corrected chi connectivity index (χ0v) is 14.4. The molecule has 1 amide bonds. The fraction of sp³-hybridized carbons (Fsp3) is 0.533. The molecule has 4 rings (SSSR count). The molecule has 0 saturated carbocycles. The molecule has 2 saturated heterocycles. The van der Waals surface area contributed by atoms with Crippen molar-refractivity contribution in [2.45, 2.75) is 12.8 Å². The topological polar surface area (TPSA) is 58.6 Å². The first-order chi connectivity index (χ1) is 11.1. The van der Waals surface area contributed by atoms with Crippen LogP contribution in [0.1, 0.15) is 17.7 Å². The van der Waals surface area contributed by atoms with Gasteiger partial charge in [-0.25, -0.2) is 4.98 Å². The van der Waals surface area contributed by atoms with Crippen molar-refractivity contribution >= 4 is 44.9 Å². The van der Waals surface area contributed by atoms with Crippen molar-refractivity contribution < 1.29 is 9.53 Å². The summed E-state index contributed by atoms with van der Waals surface area (Å²) in [7, 11) is 0. The number of hydrogen-bond donors (Lipinski definition) is 0. The molecule has 2 aromatic rings. The number of morpholine rings is 1. The Morgan fingerprint density at radius 2 is 2.09 bits per heavy atom. The van der Waals surface area contributed by atoms with Crippen LogP contribution in [0.2, 0.25) is 5.28 Å². The second-order valence-electron chi connectivity index (χ2n) is 5.90. The molecule has 0 bridgehead atoms. The molecule has 2 aliphatic rings. The standard InChI is InChI=1S/C15H17ClN4O2S/c1-9(21)20-7-10(8-20)12-6-11-13(23-12)14(18-15(16)17-11)19-2-4-22-5-3-19/h6,10H,2-5,7-8H2,1H3. The summed E-state index contributed by atoms with van der Waals surface area (Å²) in [6.07, 6.45) is 0. The summed E-state index contributed by atoms with van der Waals surface area (Å²) in [5.74, 6) is 1.44. The molecule has 2 aliphatic heterocycles. The highest BCUT2D eigenvalue weighted by Crippen LogP contribution is 2.39. The van der Waals surface area contributed by atoms with Crippen LogP contribution >= 0.6 is 22.9 Å². The van der Waals surface area contributed by atoms with Crippen LogP contribution in [0.4, 0.5) is 5.82 Å². The molecule has 2 aromatic heterocycles. The monoisotopic (exact) mass is 352 g/mol. The highest BCUT2D eigenvalue weighted by molar-refractivity contribution is 7.19. The van der Waals surface area contributed by atoms with Gasteiger partial charge in [0.05, 0.1) is 23.4 Å². The van der Waals surface area contributed by atoms with Gasteiger partial charge in [0.15, 0.2) is 5.82 Å². The highest BCUT2D eigenvalue weighted by Gasteiger charge is 2.32. The zero-order valence-electron chi connectivity index (χ0n) is 12.8. The van der Waals surface area contributed by atoms with E-state index in [4.69, 9.17) is 16.3 Å². The van der Waals surface area contributed by atoms with Crippen molar-refractivity contribution in [2.75, 3.05) is 44.3 Å². The average molecular weight is 353 g/mol. The van der Waals surface area contributed by atoms with Gasteiger partial charge in [0.1, 0.15) is 0 Å². The Morgan fingerprint density at radius 1 is 1.35 bits per heavy atom. The van der Waals surface area contributed by atoms with E-state index < -0.39 is 0 Å². The Hall–Kier alpha value is -1.44. The number of fused-ring (bicyclic) bond motifs is 1. The molecule has 122 valence electrons. The van der Waals surface area contributed by atoms with Gasteiger partial charge in [-0.15, -0.1) is 11.3 Å². The number of rotatable bonds is 2. The first kappa shape index (κ1) is 15.1. The quantitative estimate of drug-likeness (QED) is 0.775. The van der Waals surface area contributed by atoms with E-state index in [9.17, 15) is 4.79 Å². The maximum Gasteiger partial charge on any atom is 0.224 e. The lowest BCUT2D eigenvalue weighted by Gasteiger charge is -2.38. The molecule has 23 heavy (non-hydrogen) atoms. The van der Waals surface area contributed by atoms with E-state index in [1.807, 2.05) is 4.90 Å². The second-order valence-corrected chi connectivity index (χ2v) is 7.32. The minimum absolute atomic E-state index is 0.138. The van der Waals surface area contributed by atoms with E-state index in [0.717, 1.165) is 42.2 Å². The van der Waals surface area contributed by atoms with E-state index in [2.05, 4.69) is 20.9 Å². The Balaban J connectivity index is 1.66. The van der Waals surface area contributed by atoms with Gasteiger partial charge in [0.2, 0.25) is 11.2 Å². The maximum atomic E-state index is 11.4. The molecule has 0 unspecified atom stereocenters. The predicted molar refractivity (Wildman–Crippen MR) is 90.5 cm³/mol. The summed E-state index contributed by atoms with van der Waals surface area (Å²) < 4.78 is 6.49. The first-order valence-electron chi connectivity index (χ1n) is 7.67. The van der Waals surface area contributed by atoms with Crippen molar-refractivity contribution in [3.05, 3.63) is 16.2 Å². The van der Waals surface area contributed by atoms with E-state index in [0.29, 0.717) is 19.1 Å². The minimum atomic E-state index is 0.138. The van der Waals surface area contributed by atoms with Crippen LogP contribution in [-0.2, 0) is 9.53 Å². The highest BCUT2D eigenvalue weighted by atomic mass is 35.5. The fourth-order valence-electron chi connectivity index (χ4n) is 3.01. The maximum absolute atomic E-state index is 11.4. The molecular weight excluding hydrogens is 336 g/mol. The van der Waals surface area contributed by atoms with Crippen molar-refractivity contribution in [1.29, 1.82) is 0 Å². The number of amides is 1. The number of nitrogens with zero attached hydrogens (tertiary/aromatic N) is 4. The number of anilines is 1. The van der Waals surface area contributed by atoms with E-state index in [-0.39, 0.29) is 11.2 Å². The van der Waals surface area contributed by atoms with Gasteiger partial charge in [0.25, 0.3) is 0 Å².